The maximum atomic E-state index is 13.2. The highest BCUT2D eigenvalue weighted by Crippen LogP contribution is 2.28. The molecule has 3 N–H and O–H groups in total. The number of aromatic nitrogens is 4. The average Bonchev–Trinajstić information content (AvgIpc) is 3.49. The molecule has 3 heterocycles. The topological polar surface area (TPSA) is 148 Å². The third-order valence-corrected chi connectivity index (χ3v) is 7.23. The number of carbonyl (C=O) groups is 1. The second-order valence-electron chi connectivity index (χ2n) is 7.82. The van der Waals surface area contributed by atoms with Gasteiger partial charge in [0.05, 0.1) is 29.3 Å². The fourth-order valence-electron chi connectivity index (χ4n) is 3.66. The minimum absolute atomic E-state index is 0.227. The summed E-state index contributed by atoms with van der Waals surface area (Å²) in [4.78, 5) is 21.9. The van der Waals surface area contributed by atoms with Crippen molar-refractivity contribution in [3.05, 3.63) is 57.9 Å². The van der Waals surface area contributed by atoms with Gasteiger partial charge in [-0.05, 0) is 42.3 Å². The van der Waals surface area contributed by atoms with E-state index in [-0.39, 0.29) is 24.7 Å². The molecule has 0 amide bonds. The van der Waals surface area contributed by atoms with Crippen LogP contribution in [0, 0.1) is 6.92 Å². The van der Waals surface area contributed by atoms with Crippen LogP contribution in [0.25, 0.3) is 0 Å². The summed E-state index contributed by atoms with van der Waals surface area (Å²) in [5, 5.41) is 19.5. The van der Waals surface area contributed by atoms with Crippen molar-refractivity contribution in [3.8, 4) is 0 Å². The standard InChI is InChI=1S/C20H24N6O5S2/c1-12-6-24-26(8-12)9-13-3-18(32-10-13)19(28)15-7-22-11-23-20(15)25-14-4-16(27)17(5-14)31-33(29,30)21-2/h3,6-8,10-11,14,16-17,21,27H,4-5,9H2,1-2H3,(H,22,23,25)/t14-,16+,17-/m1/s1. The first kappa shape index (κ1) is 23.4. The molecule has 0 bridgehead atoms. The summed E-state index contributed by atoms with van der Waals surface area (Å²) in [5.41, 5.74) is 2.32. The van der Waals surface area contributed by atoms with Crippen molar-refractivity contribution >= 4 is 33.2 Å². The van der Waals surface area contributed by atoms with E-state index in [1.807, 2.05) is 29.2 Å². The number of aryl methyl sites for hydroxylation is 1. The maximum absolute atomic E-state index is 13.2. The molecule has 0 saturated heterocycles. The molecular formula is C20H24N6O5S2. The molecular weight excluding hydrogens is 468 g/mol. The van der Waals surface area contributed by atoms with E-state index in [1.54, 1.807) is 6.20 Å². The molecule has 4 rings (SSSR count). The number of rotatable bonds is 9. The molecule has 3 aromatic rings. The largest absolute Gasteiger partial charge is 0.390 e. The van der Waals surface area contributed by atoms with Gasteiger partial charge < -0.3 is 10.4 Å². The van der Waals surface area contributed by atoms with Gasteiger partial charge in [-0.15, -0.1) is 11.3 Å². The van der Waals surface area contributed by atoms with E-state index in [1.165, 1.54) is 30.9 Å². The molecule has 13 heteroatoms. The van der Waals surface area contributed by atoms with E-state index >= 15 is 0 Å². The SMILES string of the molecule is CNS(=O)(=O)O[C@@H]1C[C@H](Nc2ncncc2C(=O)c2cc(Cn3cc(C)cn3)cs2)C[C@@H]1O. The normalized spacial score (nSPS) is 20.8. The molecule has 1 fully saturated rings. The molecule has 0 unspecified atom stereocenters. The quantitative estimate of drug-likeness (QED) is 0.373. The van der Waals surface area contributed by atoms with Gasteiger partial charge >= 0.3 is 10.3 Å². The number of aliphatic hydroxyl groups excluding tert-OH is 1. The van der Waals surface area contributed by atoms with Crippen LogP contribution in [-0.2, 0) is 21.0 Å². The average molecular weight is 493 g/mol. The Hall–Kier alpha value is -2.71. The van der Waals surface area contributed by atoms with Gasteiger partial charge in [-0.3, -0.25) is 13.7 Å². The first-order valence-electron chi connectivity index (χ1n) is 10.2. The van der Waals surface area contributed by atoms with Gasteiger partial charge in [0, 0.05) is 25.5 Å². The van der Waals surface area contributed by atoms with Crippen molar-refractivity contribution in [2.45, 2.75) is 44.6 Å². The molecule has 1 saturated carbocycles. The first-order chi connectivity index (χ1) is 15.7. The van der Waals surface area contributed by atoms with Crippen LogP contribution < -0.4 is 10.0 Å². The second-order valence-corrected chi connectivity index (χ2v) is 10.2. The highest BCUT2D eigenvalue weighted by atomic mass is 32.2. The molecule has 0 radical (unpaired) electrons. The summed E-state index contributed by atoms with van der Waals surface area (Å²) in [6, 6.07) is 1.49. The van der Waals surface area contributed by atoms with Crippen LogP contribution in [0.15, 0.2) is 36.4 Å². The monoisotopic (exact) mass is 492 g/mol. The van der Waals surface area contributed by atoms with E-state index in [9.17, 15) is 18.3 Å². The van der Waals surface area contributed by atoms with E-state index in [4.69, 9.17) is 4.18 Å². The molecule has 1 aliphatic rings. The van der Waals surface area contributed by atoms with Gasteiger partial charge in [0.2, 0.25) is 5.78 Å². The Labute approximate surface area is 195 Å². The van der Waals surface area contributed by atoms with Gasteiger partial charge in [-0.2, -0.15) is 18.2 Å². The van der Waals surface area contributed by atoms with Gasteiger partial charge in [0.25, 0.3) is 0 Å². The Bertz CT molecular complexity index is 1240. The Balaban J connectivity index is 1.46. The number of thiophene rings is 1. The number of anilines is 1. The Kier molecular flexibility index (Phi) is 6.86. The molecule has 3 aromatic heterocycles. The van der Waals surface area contributed by atoms with E-state index in [2.05, 4.69) is 25.1 Å². The van der Waals surface area contributed by atoms with Crippen molar-refractivity contribution in [2.24, 2.45) is 0 Å². The molecule has 176 valence electrons. The lowest BCUT2D eigenvalue weighted by molar-refractivity contribution is 0.0636. The van der Waals surface area contributed by atoms with E-state index < -0.39 is 22.5 Å². The van der Waals surface area contributed by atoms with Gasteiger partial charge in [0.15, 0.2) is 0 Å². The maximum Gasteiger partial charge on any atom is 0.335 e. The fraction of sp³-hybridized carbons (Fsp3) is 0.400. The number of nitrogens with zero attached hydrogens (tertiary/aromatic N) is 4. The Morgan fingerprint density at radius 3 is 2.91 bits per heavy atom. The summed E-state index contributed by atoms with van der Waals surface area (Å²) < 4.78 is 32.2. The van der Waals surface area contributed by atoms with Crippen LogP contribution in [0.2, 0.25) is 0 Å². The van der Waals surface area contributed by atoms with Crippen LogP contribution in [0.1, 0.15) is 39.2 Å². The number of aliphatic hydroxyl groups is 1. The number of ketones is 1. The molecule has 11 nitrogen and oxygen atoms in total. The van der Waals surface area contributed by atoms with Crippen LogP contribution in [0.5, 0.6) is 0 Å². The molecule has 0 aliphatic heterocycles. The van der Waals surface area contributed by atoms with Crippen molar-refractivity contribution in [2.75, 3.05) is 12.4 Å². The lowest BCUT2D eigenvalue weighted by atomic mass is 10.1. The smallest absolute Gasteiger partial charge is 0.335 e. The minimum atomic E-state index is -3.93. The summed E-state index contributed by atoms with van der Waals surface area (Å²) in [7, 11) is -2.70. The zero-order valence-corrected chi connectivity index (χ0v) is 19.6. The third-order valence-electron chi connectivity index (χ3n) is 5.25. The molecule has 0 aromatic carbocycles. The van der Waals surface area contributed by atoms with Crippen LogP contribution in [0.3, 0.4) is 0 Å². The number of carbonyl (C=O) groups excluding carboxylic acids is 1. The van der Waals surface area contributed by atoms with E-state index in [0.29, 0.717) is 22.8 Å². The summed E-state index contributed by atoms with van der Waals surface area (Å²) >= 11 is 1.33. The van der Waals surface area contributed by atoms with Gasteiger partial charge in [-0.25, -0.2) is 9.97 Å². The second kappa shape index (κ2) is 9.65. The highest BCUT2D eigenvalue weighted by molar-refractivity contribution is 7.84. The minimum Gasteiger partial charge on any atom is -0.390 e. The van der Waals surface area contributed by atoms with Gasteiger partial charge in [0.1, 0.15) is 18.2 Å². The summed E-state index contributed by atoms with van der Waals surface area (Å²) in [6.45, 7) is 2.53. The fourth-order valence-corrected chi connectivity index (χ4v) is 5.15. The molecule has 0 spiro atoms. The van der Waals surface area contributed by atoms with Crippen molar-refractivity contribution < 1.29 is 22.5 Å². The number of hydrogen-bond donors (Lipinski definition) is 3. The zero-order valence-electron chi connectivity index (χ0n) is 18.0. The highest BCUT2D eigenvalue weighted by Gasteiger charge is 2.37. The Morgan fingerprint density at radius 1 is 1.36 bits per heavy atom. The predicted molar refractivity (Wildman–Crippen MR) is 121 cm³/mol. The van der Waals surface area contributed by atoms with Crippen molar-refractivity contribution in [1.29, 1.82) is 0 Å². The van der Waals surface area contributed by atoms with Crippen molar-refractivity contribution in [3.63, 3.8) is 0 Å². The molecule has 33 heavy (non-hydrogen) atoms. The summed E-state index contributed by atoms with van der Waals surface area (Å²) in [5.74, 6) is 0.0945. The first-order valence-corrected chi connectivity index (χ1v) is 12.5. The third kappa shape index (κ3) is 5.62. The van der Waals surface area contributed by atoms with Crippen LogP contribution in [-0.4, -0.2) is 64.4 Å². The summed E-state index contributed by atoms with van der Waals surface area (Å²) in [6.07, 6.45) is 5.08. The lowest BCUT2D eigenvalue weighted by Crippen LogP contribution is -2.31. The number of nitrogens with one attached hydrogen (secondary N) is 2. The zero-order chi connectivity index (χ0) is 23.6. The lowest BCUT2D eigenvalue weighted by Gasteiger charge is -2.15. The van der Waals surface area contributed by atoms with E-state index in [0.717, 1.165) is 11.1 Å². The van der Waals surface area contributed by atoms with Crippen LogP contribution in [0.4, 0.5) is 5.82 Å². The van der Waals surface area contributed by atoms with Gasteiger partial charge in [-0.1, -0.05) is 0 Å². The molecule has 1 aliphatic carbocycles. The van der Waals surface area contributed by atoms with Crippen LogP contribution >= 0.6 is 11.3 Å². The predicted octanol–water partition coefficient (Wildman–Crippen LogP) is 1.11. The van der Waals surface area contributed by atoms with Crippen molar-refractivity contribution in [1.82, 2.24) is 24.5 Å². The number of hydrogen-bond acceptors (Lipinski definition) is 10. The Morgan fingerprint density at radius 2 is 2.18 bits per heavy atom. The molecule has 3 atom stereocenters.